The van der Waals surface area contributed by atoms with Crippen LogP contribution in [0.25, 0.3) is 0 Å². The molecule has 0 atom stereocenters. The molecule has 5 rings (SSSR count). The summed E-state index contributed by atoms with van der Waals surface area (Å²) in [5, 5.41) is 3.44. The molecule has 2 aliphatic rings. The highest BCUT2D eigenvalue weighted by molar-refractivity contribution is 7.89. The number of aromatic nitrogens is 1. The fraction of sp³-hybridized carbons (Fsp3) is 0.370. The first-order valence-electron chi connectivity index (χ1n) is 12.6. The topological polar surface area (TPSA) is 108 Å². The Morgan fingerprint density at radius 3 is 2.61 bits per heavy atom. The van der Waals surface area contributed by atoms with Crippen molar-refractivity contribution in [2.45, 2.75) is 43.7 Å². The standard InChI is InChI=1S/C27H30ClN5O4S/c1-18-4-3-5-22(28)25(18)38(35,36)33(21-10-11-21)16-24-31-23(17-37-24)27(34)32(2)15-12-19-6-8-20(9-7-19)26-29-13-14-30-26/h3-9,17,21H,10-16H2,1-2H3,(H,29,30). The van der Waals surface area contributed by atoms with Crippen molar-refractivity contribution in [1.82, 2.24) is 19.5 Å². The fourth-order valence-corrected chi connectivity index (χ4v) is 6.88. The number of nitrogens with one attached hydrogen (secondary N) is 1. The largest absolute Gasteiger partial charge is 0.447 e. The van der Waals surface area contributed by atoms with E-state index in [9.17, 15) is 13.2 Å². The number of aryl methyl sites for hydroxylation is 1. The number of halogens is 1. The van der Waals surface area contributed by atoms with Crippen molar-refractivity contribution in [3.63, 3.8) is 0 Å². The molecular weight excluding hydrogens is 526 g/mol. The van der Waals surface area contributed by atoms with Gasteiger partial charge in [0.05, 0.1) is 18.1 Å². The van der Waals surface area contributed by atoms with Gasteiger partial charge in [0, 0.05) is 31.7 Å². The van der Waals surface area contributed by atoms with E-state index in [-0.39, 0.29) is 40.0 Å². The van der Waals surface area contributed by atoms with Gasteiger partial charge in [-0.15, -0.1) is 0 Å². The third kappa shape index (κ3) is 5.62. The zero-order valence-electron chi connectivity index (χ0n) is 21.4. The van der Waals surface area contributed by atoms with Crippen molar-refractivity contribution >= 4 is 33.4 Å². The normalized spacial score (nSPS) is 15.4. The van der Waals surface area contributed by atoms with E-state index in [1.54, 1.807) is 37.1 Å². The molecule has 0 saturated heterocycles. The molecule has 1 N–H and O–H groups in total. The summed E-state index contributed by atoms with van der Waals surface area (Å²) in [5.74, 6) is 0.797. The maximum atomic E-state index is 13.5. The summed E-state index contributed by atoms with van der Waals surface area (Å²) in [6.45, 7) is 3.80. The minimum absolute atomic E-state index is 0.0683. The molecule has 11 heteroatoms. The van der Waals surface area contributed by atoms with Crippen molar-refractivity contribution in [3.8, 4) is 0 Å². The number of carbonyl (C=O) groups excluding carboxylic acids is 1. The number of sulfonamides is 1. The first-order chi connectivity index (χ1) is 18.2. The van der Waals surface area contributed by atoms with Crippen LogP contribution in [0.5, 0.6) is 0 Å². The van der Waals surface area contributed by atoms with E-state index >= 15 is 0 Å². The highest BCUT2D eigenvalue weighted by Gasteiger charge is 2.40. The Morgan fingerprint density at radius 2 is 1.95 bits per heavy atom. The molecule has 200 valence electrons. The zero-order valence-corrected chi connectivity index (χ0v) is 22.9. The molecule has 1 fully saturated rings. The summed E-state index contributed by atoms with van der Waals surface area (Å²) >= 11 is 6.27. The van der Waals surface area contributed by atoms with Gasteiger partial charge in [-0.25, -0.2) is 13.4 Å². The highest BCUT2D eigenvalue weighted by Crippen LogP contribution is 2.36. The lowest BCUT2D eigenvalue weighted by Crippen LogP contribution is -2.33. The fourth-order valence-electron chi connectivity index (χ4n) is 4.46. The van der Waals surface area contributed by atoms with Gasteiger partial charge in [-0.3, -0.25) is 9.79 Å². The van der Waals surface area contributed by atoms with Crippen molar-refractivity contribution in [2.24, 2.45) is 4.99 Å². The molecule has 1 amide bonds. The van der Waals surface area contributed by atoms with Crippen LogP contribution in [0, 0.1) is 6.92 Å². The monoisotopic (exact) mass is 555 g/mol. The molecular formula is C27H30ClN5O4S. The van der Waals surface area contributed by atoms with Gasteiger partial charge in [-0.05, 0) is 43.4 Å². The second-order valence-electron chi connectivity index (χ2n) is 9.62. The van der Waals surface area contributed by atoms with Gasteiger partial charge in [0.2, 0.25) is 15.9 Å². The Bertz CT molecular complexity index is 1440. The number of hydrogen-bond donors (Lipinski definition) is 1. The predicted octanol–water partition coefficient (Wildman–Crippen LogP) is 3.65. The van der Waals surface area contributed by atoms with Crippen LogP contribution < -0.4 is 5.32 Å². The van der Waals surface area contributed by atoms with Crippen LogP contribution in [0.2, 0.25) is 5.02 Å². The molecule has 0 unspecified atom stereocenters. The van der Waals surface area contributed by atoms with E-state index in [2.05, 4.69) is 15.3 Å². The Kier molecular flexibility index (Phi) is 7.56. The summed E-state index contributed by atoms with van der Waals surface area (Å²) in [5.41, 5.74) is 2.88. The molecule has 1 aliphatic heterocycles. The highest BCUT2D eigenvalue weighted by atomic mass is 35.5. The van der Waals surface area contributed by atoms with Crippen LogP contribution in [0.15, 0.2) is 63.0 Å². The van der Waals surface area contributed by atoms with Gasteiger partial charge in [0.1, 0.15) is 17.0 Å². The summed E-state index contributed by atoms with van der Waals surface area (Å²) in [4.78, 5) is 23.4. The molecule has 9 nitrogen and oxygen atoms in total. The van der Waals surface area contributed by atoms with Crippen LogP contribution in [-0.4, -0.2) is 67.1 Å². The molecule has 38 heavy (non-hydrogen) atoms. The number of likely N-dealkylation sites (N-methyl/N-ethyl adjacent to an activating group) is 1. The number of carbonyl (C=O) groups is 1. The lowest BCUT2D eigenvalue weighted by molar-refractivity contribution is 0.0790. The lowest BCUT2D eigenvalue weighted by Gasteiger charge is -2.22. The van der Waals surface area contributed by atoms with Gasteiger partial charge in [0.15, 0.2) is 5.69 Å². The molecule has 0 radical (unpaired) electrons. The van der Waals surface area contributed by atoms with Crippen LogP contribution in [-0.2, 0) is 23.0 Å². The number of amides is 1. The van der Waals surface area contributed by atoms with Crippen molar-refractivity contribution in [3.05, 3.63) is 82.0 Å². The predicted molar refractivity (Wildman–Crippen MR) is 145 cm³/mol. The number of hydrogen-bond acceptors (Lipinski definition) is 7. The smallest absolute Gasteiger partial charge is 0.275 e. The minimum Gasteiger partial charge on any atom is -0.447 e. The molecule has 0 bridgehead atoms. The number of rotatable bonds is 10. The number of benzene rings is 2. The number of nitrogens with zero attached hydrogens (tertiary/aromatic N) is 4. The Hall–Kier alpha value is -3.21. The molecule has 0 spiro atoms. The van der Waals surface area contributed by atoms with E-state index in [0.29, 0.717) is 18.5 Å². The van der Waals surface area contributed by atoms with Crippen molar-refractivity contribution in [1.29, 1.82) is 0 Å². The van der Waals surface area contributed by atoms with Gasteiger partial charge in [-0.1, -0.05) is 48.0 Å². The molecule has 1 saturated carbocycles. The summed E-state index contributed by atoms with van der Waals surface area (Å²) in [6, 6.07) is 13.0. The van der Waals surface area contributed by atoms with Crippen LogP contribution in [0.3, 0.4) is 0 Å². The van der Waals surface area contributed by atoms with Crippen LogP contribution in [0.1, 0.15) is 45.9 Å². The van der Waals surface area contributed by atoms with Gasteiger partial charge >= 0.3 is 0 Å². The maximum absolute atomic E-state index is 13.5. The minimum atomic E-state index is -3.88. The zero-order chi connectivity index (χ0) is 26.9. The average molecular weight is 556 g/mol. The number of aliphatic imine (C=N–C) groups is 1. The lowest BCUT2D eigenvalue weighted by atomic mass is 10.1. The quantitative estimate of drug-likeness (QED) is 0.409. The summed E-state index contributed by atoms with van der Waals surface area (Å²) in [6.07, 6.45) is 3.47. The van der Waals surface area contributed by atoms with E-state index in [0.717, 1.165) is 42.9 Å². The Balaban J connectivity index is 1.23. The van der Waals surface area contributed by atoms with Gasteiger partial charge in [-0.2, -0.15) is 4.31 Å². The second kappa shape index (κ2) is 10.9. The summed E-state index contributed by atoms with van der Waals surface area (Å²) in [7, 11) is -2.17. The van der Waals surface area contributed by atoms with Gasteiger partial charge in [0.25, 0.3) is 5.91 Å². The third-order valence-corrected chi connectivity index (χ3v) is 9.26. The second-order valence-corrected chi connectivity index (χ2v) is 11.9. The van der Waals surface area contributed by atoms with E-state index < -0.39 is 10.0 Å². The van der Waals surface area contributed by atoms with E-state index in [1.165, 1.54) is 10.6 Å². The maximum Gasteiger partial charge on any atom is 0.275 e. The number of amidine groups is 1. The SMILES string of the molecule is Cc1cccc(Cl)c1S(=O)(=O)N(Cc1nc(C(=O)N(C)CCc2ccc(C3=NCCN3)cc2)co1)C1CC1. The Labute approximate surface area is 227 Å². The van der Waals surface area contributed by atoms with Crippen molar-refractivity contribution < 1.29 is 17.6 Å². The first-order valence-corrected chi connectivity index (χ1v) is 14.4. The number of oxazole rings is 1. The molecule has 2 aromatic carbocycles. The molecule has 3 aromatic rings. The van der Waals surface area contributed by atoms with Crippen molar-refractivity contribution in [2.75, 3.05) is 26.7 Å². The van der Waals surface area contributed by atoms with Crippen LogP contribution >= 0.6 is 11.6 Å². The average Bonchev–Trinajstić information content (AvgIpc) is 3.37. The molecule has 1 aromatic heterocycles. The van der Waals surface area contributed by atoms with Gasteiger partial charge < -0.3 is 14.6 Å². The van der Waals surface area contributed by atoms with Crippen LogP contribution in [0.4, 0.5) is 0 Å². The third-order valence-electron chi connectivity index (χ3n) is 6.73. The summed E-state index contributed by atoms with van der Waals surface area (Å²) < 4.78 is 33.9. The molecule has 1 aliphatic carbocycles. The first kappa shape index (κ1) is 26.4. The van der Waals surface area contributed by atoms with E-state index in [4.69, 9.17) is 16.0 Å². The Morgan fingerprint density at radius 1 is 1.18 bits per heavy atom. The van der Waals surface area contributed by atoms with E-state index in [1.807, 2.05) is 24.3 Å². The molecule has 2 heterocycles.